The number of aryl methyl sites for hydroxylation is 1. The van der Waals surface area contributed by atoms with Crippen LogP contribution in [0.3, 0.4) is 0 Å². The van der Waals surface area contributed by atoms with Gasteiger partial charge < -0.3 is 0 Å². The summed E-state index contributed by atoms with van der Waals surface area (Å²) >= 11 is 0. The van der Waals surface area contributed by atoms with Crippen LogP contribution in [0.25, 0.3) is 6.08 Å². The lowest BCUT2D eigenvalue weighted by atomic mass is 10.1. The molecule has 0 spiro atoms. The Morgan fingerprint density at radius 1 is 0.944 bits per heavy atom. The highest BCUT2D eigenvalue weighted by atomic mass is 28.2. The second-order valence-corrected chi connectivity index (χ2v) is 7.21. The van der Waals surface area contributed by atoms with Crippen molar-refractivity contribution in [3.8, 4) is 0 Å². The van der Waals surface area contributed by atoms with Crippen molar-refractivity contribution in [3.05, 3.63) is 70.8 Å². The number of fused-ring (bicyclic) bond motifs is 1. The molecule has 0 fully saturated rings. The molecule has 1 heteroatoms. The van der Waals surface area contributed by atoms with Crippen LogP contribution in [0.1, 0.15) is 27.8 Å². The van der Waals surface area contributed by atoms with Crippen LogP contribution in [0.2, 0.25) is 0 Å². The lowest BCUT2D eigenvalue weighted by Gasteiger charge is -2.13. The van der Waals surface area contributed by atoms with E-state index in [1.807, 2.05) is 0 Å². The van der Waals surface area contributed by atoms with E-state index in [-0.39, 0.29) is 9.52 Å². The van der Waals surface area contributed by atoms with Gasteiger partial charge in [-0.1, -0.05) is 59.8 Å². The zero-order valence-corrected chi connectivity index (χ0v) is 12.4. The molecule has 1 unspecified atom stereocenters. The quantitative estimate of drug-likeness (QED) is 0.719. The van der Waals surface area contributed by atoms with Crippen LogP contribution in [0.15, 0.2) is 48.5 Å². The van der Waals surface area contributed by atoms with Gasteiger partial charge in [0.1, 0.15) is 0 Å². The molecule has 0 nitrogen and oxygen atoms in total. The third-order valence-corrected chi connectivity index (χ3v) is 6.42. The molecule has 2 aromatic rings. The van der Waals surface area contributed by atoms with E-state index in [2.05, 4.69) is 68.5 Å². The molecule has 90 valence electrons. The van der Waals surface area contributed by atoms with Crippen molar-refractivity contribution < 1.29 is 0 Å². The summed E-state index contributed by atoms with van der Waals surface area (Å²) in [5.41, 5.74) is 6.56. The van der Waals surface area contributed by atoms with Crippen molar-refractivity contribution in [2.75, 3.05) is 0 Å². The van der Waals surface area contributed by atoms with Crippen molar-refractivity contribution in [1.82, 2.24) is 0 Å². The van der Waals surface area contributed by atoms with Crippen LogP contribution in [0.4, 0.5) is 0 Å². The highest BCUT2D eigenvalue weighted by molar-refractivity contribution is 6.56. The zero-order chi connectivity index (χ0) is 12.5. The Balaban J connectivity index is 1.91. The molecule has 0 saturated heterocycles. The minimum Gasteiger partial charge on any atom is -0.0794 e. The zero-order valence-electron chi connectivity index (χ0n) is 11.0. The van der Waals surface area contributed by atoms with Gasteiger partial charge in [-0.05, 0) is 41.6 Å². The topological polar surface area (TPSA) is 0 Å². The van der Waals surface area contributed by atoms with Gasteiger partial charge in [-0.3, -0.25) is 0 Å². The Morgan fingerprint density at radius 2 is 1.78 bits per heavy atom. The summed E-state index contributed by atoms with van der Waals surface area (Å²) < 4.78 is 0. The molecule has 3 rings (SSSR count). The molecule has 0 aromatic heterocycles. The van der Waals surface area contributed by atoms with Gasteiger partial charge in [0.15, 0.2) is 0 Å². The molecule has 2 aromatic carbocycles. The summed E-state index contributed by atoms with van der Waals surface area (Å²) in [6.45, 7) is 4.48. The molecule has 1 atom stereocenters. The fourth-order valence-corrected chi connectivity index (χ4v) is 4.97. The largest absolute Gasteiger partial charge is 0.0794 e. The molecule has 0 aliphatic heterocycles. The molecule has 0 bridgehead atoms. The Labute approximate surface area is 111 Å². The smallest absolute Gasteiger partial charge is 0.0675 e. The summed E-state index contributed by atoms with van der Waals surface area (Å²) in [5, 5.41) is 1.61. The van der Waals surface area contributed by atoms with E-state index in [1.54, 1.807) is 5.19 Å². The molecule has 0 radical (unpaired) electrons. The maximum absolute atomic E-state index is 2.40. The van der Waals surface area contributed by atoms with Gasteiger partial charge >= 0.3 is 0 Å². The number of hydrogen-bond acceptors (Lipinski definition) is 0. The Morgan fingerprint density at radius 3 is 2.67 bits per heavy atom. The molecule has 0 N–H and O–H groups in total. The second kappa shape index (κ2) is 4.58. The van der Waals surface area contributed by atoms with Crippen molar-refractivity contribution in [1.29, 1.82) is 0 Å². The summed E-state index contributed by atoms with van der Waals surface area (Å²) in [6, 6.07) is 15.5. The standard InChI is InChI=1S/C17H18Si/c1-12-6-5-9-16(13(12)2)18-17-11-10-14-7-3-4-8-15(14)17/h3-11,17H,18H2,1-2H3. The third-order valence-electron chi connectivity index (χ3n) is 4.06. The molecule has 18 heavy (non-hydrogen) atoms. The first-order chi connectivity index (χ1) is 8.75. The third kappa shape index (κ3) is 1.95. The first-order valence-electron chi connectivity index (χ1n) is 6.58. The average Bonchev–Trinajstić information content (AvgIpc) is 2.79. The van der Waals surface area contributed by atoms with Gasteiger partial charge in [-0.25, -0.2) is 0 Å². The lowest BCUT2D eigenvalue weighted by Crippen LogP contribution is -2.23. The fraction of sp³-hybridized carbons (Fsp3) is 0.176. The normalized spacial score (nSPS) is 17.6. The second-order valence-electron chi connectivity index (χ2n) is 5.16. The molecular weight excluding hydrogens is 232 g/mol. The van der Waals surface area contributed by atoms with Gasteiger partial charge in [0, 0.05) is 0 Å². The molecule has 1 aliphatic carbocycles. The van der Waals surface area contributed by atoms with E-state index in [0.29, 0.717) is 5.54 Å². The number of allylic oxidation sites excluding steroid dienone is 1. The van der Waals surface area contributed by atoms with Crippen LogP contribution in [-0.2, 0) is 0 Å². The van der Waals surface area contributed by atoms with Crippen molar-refractivity contribution in [2.24, 2.45) is 0 Å². The number of rotatable bonds is 2. The van der Waals surface area contributed by atoms with Crippen molar-refractivity contribution >= 4 is 20.8 Å². The highest BCUT2D eigenvalue weighted by Crippen LogP contribution is 2.28. The summed E-state index contributed by atoms with van der Waals surface area (Å²) in [7, 11) is -0.281. The highest BCUT2D eigenvalue weighted by Gasteiger charge is 2.18. The summed E-state index contributed by atoms with van der Waals surface area (Å²) in [4.78, 5) is 0. The maximum Gasteiger partial charge on any atom is 0.0675 e. The number of benzene rings is 2. The Hall–Kier alpha value is -1.60. The van der Waals surface area contributed by atoms with E-state index in [1.165, 1.54) is 22.3 Å². The van der Waals surface area contributed by atoms with Gasteiger partial charge in [0.25, 0.3) is 0 Å². The van der Waals surface area contributed by atoms with E-state index < -0.39 is 0 Å². The lowest BCUT2D eigenvalue weighted by molar-refractivity contribution is 1.23. The summed E-state index contributed by atoms with van der Waals surface area (Å²) in [6.07, 6.45) is 4.69. The molecule has 0 saturated carbocycles. The monoisotopic (exact) mass is 250 g/mol. The van der Waals surface area contributed by atoms with Gasteiger partial charge in [0.05, 0.1) is 9.52 Å². The van der Waals surface area contributed by atoms with Crippen LogP contribution >= 0.6 is 0 Å². The summed E-state index contributed by atoms with van der Waals surface area (Å²) in [5.74, 6) is 0. The SMILES string of the molecule is Cc1cccc([SiH2]C2C=Cc3ccccc32)c1C. The first-order valence-corrected chi connectivity index (χ1v) is 8.10. The van der Waals surface area contributed by atoms with E-state index >= 15 is 0 Å². The number of hydrogen-bond donors (Lipinski definition) is 0. The van der Waals surface area contributed by atoms with Gasteiger partial charge in [-0.2, -0.15) is 0 Å². The molecule has 0 heterocycles. The van der Waals surface area contributed by atoms with Crippen LogP contribution < -0.4 is 5.19 Å². The molecule has 1 aliphatic rings. The van der Waals surface area contributed by atoms with Crippen LogP contribution in [0, 0.1) is 13.8 Å². The Kier molecular flexibility index (Phi) is 2.92. The van der Waals surface area contributed by atoms with Crippen molar-refractivity contribution in [2.45, 2.75) is 19.4 Å². The fourth-order valence-electron chi connectivity index (χ4n) is 2.77. The van der Waals surface area contributed by atoms with E-state index in [4.69, 9.17) is 0 Å². The molecular formula is C17H18Si. The minimum absolute atomic E-state index is 0.281. The van der Waals surface area contributed by atoms with Crippen LogP contribution in [-0.4, -0.2) is 9.52 Å². The minimum atomic E-state index is -0.281. The maximum atomic E-state index is 2.40. The average molecular weight is 250 g/mol. The van der Waals surface area contributed by atoms with Gasteiger partial charge in [-0.15, -0.1) is 0 Å². The predicted molar refractivity (Wildman–Crippen MR) is 82.3 cm³/mol. The molecule has 0 amide bonds. The van der Waals surface area contributed by atoms with E-state index in [9.17, 15) is 0 Å². The Bertz CT molecular complexity index is 611. The van der Waals surface area contributed by atoms with Crippen LogP contribution in [0.5, 0.6) is 0 Å². The first kappa shape index (κ1) is 11.5. The van der Waals surface area contributed by atoms with Crippen molar-refractivity contribution in [3.63, 3.8) is 0 Å². The predicted octanol–water partition coefficient (Wildman–Crippen LogP) is 2.87. The van der Waals surface area contributed by atoms with E-state index in [0.717, 1.165) is 0 Å². The van der Waals surface area contributed by atoms with Gasteiger partial charge in [0.2, 0.25) is 0 Å².